The Balaban J connectivity index is 1.87. The average Bonchev–Trinajstić information content (AvgIpc) is 2.63. The zero-order valence-electron chi connectivity index (χ0n) is 15.0. The average molecular weight is 360 g/mol. The largest absolute Gasteiger partial charge is 0.370 e. The van der Waals surface area contributed by atoms with E-state index in [1.165, 1.54) is 0 Å². The number of nitrogens with zero attached hydrogens (tertiary/aromatic N) is 2. The van der Waals surface area contributed by atoms with E-state index in [2.05, 4.69) is 29.0 Å². The highest BCUT2D eigenvalue weighted by atomic mass is 35.5. The molecule has 1 amide bonds. The van der Waals surface area contributed by atoms with E-state index in [9.17, 15) is 4.79 Å². The van der Waals surface area contributed by atoms with E-state index in [1.807, 2.05) is 30.3 Å². The summed E-state index contributed by atoms with van der Waals surface area (Å²) in [5.41, 5.74) is 2.66. The van der Waals surface area contributed by atoms with E-state index in [4.69, 9.17) is 11.6 Å². The first-order valence-corrected chi connectivity index (χ1v) is 9.25. The highest BCUT2D eigenvalue weighted by Gasteiger charge is 2.09. The van der Waals surface area contributed by atoms with Crippen molar-refractivity contribution in [2.24, 2.45) is 0 Å². The molecule has 1 aromatic carbocycles. The van der Waals surface area contributed by atoms with Gasteiger partial charge >= 0.3 is 0 Å². The molecule has 25 heavy (non-hydrogen) atoms. The van der Waals surface area contributed by atoms with E-state index in [0.717, 1.165) is 48.6 Å². The van der Waals surface area contributed by atoms with Gasteiger partial charge in [-0.3, -0.25) is 4.79 Å². The van der Waals surface area contributed by atoms with Crippen LogP contribution in [0.5, 0.6) is 0 Å². The van der Waals surface area contributed by atoms with E-state index in [0.29, 0.717) is 12.2 Å². The van der Waals surface area contributed by atoms with Crippen LogP contribution in [-0.2, 0) is 6.42 Å². The fourth-order valence-corrected chi connectivity index (χ4v) is 2.81. The maximum absolute atomic E-state index is 12.2. The zero-order valence-corrected chi connectivity index (χ0v) is 15.7. The molecule has 0 bridgehead atoms. The second-order valence-corrected chi connectivity index (χ2v) is 6.46. The van der Waals surface area contributed by atoms with Gasteiger partial charge in [-0.1, -0.05) is 37.6 Å². The number of benzene rings is 1. The minimum atomic E-state index is -0.141. The van der Waals surface area contributed by atoms with Gasteiger partial charge in [-0.2, -0.15) is 0 Å². The number of amides is 1. The minimum Gasteiger partial charge on any atom is -0.370 e. The summed E-state index contributed by atoms with van der Waals surface area (Å²) in [6.45, 7) is 6.91. The molecule has 4 nitrogen and oxygen atoms in total. The van der Waals surface area contributed by atoms with Crippen LogP contribution in [-0.4, -0.2) is 30.5 Å². The third kappa shape index (κ3) is 6.05. The van der Waals surface area contributed by atoms with Crippen LogP contribution >= 0.6 is 11.6 Å². The minimum absolute atomic E-state index is 0.141. The first-order chi connectivity index (χ1) is 12.1. The number of hydrogen-bond acceptors (Lipinski definition) is 3. The molecule has 0 aliphatic heterocycles. The molecule has 0 saturated carbocycles. The van der Waals surface area contributed by atoms with Gasteiger partial charge in [-0.15, -0.1) is 0 Å². The van der Waals surface area contributed by atoms with Gasteiger partial charge in [-0.05, 0) is 49.1 Å². The lowest BCUT2D eigenvalue weighted by Crippen LogP contribution is -2.27. The van der Waals surface area contributed by atoms with Gasteiger partial charge in [0.1, 0.15) is 5.69 Å². The molecule has 2 rings (SSSR count). The Kier molecular flexibility index (Phi) is 7.74. The van der Waals surface area contributed by atoms with Crippen LogP contribution in [0, 0.1) is 0 Å². The molecule has 0 aliphatic carbocycles. The van der Waals surface area contributed by atoms with Gasteiger partial charge in [0.25, 0.3) is 5.91 Å². The van der Waals surface area contributed by atoms with Crippen LogP contribution in [0.15, 0.2) is 42.6 Å². The summed E-state index contributed by atoms with van der Waals surface area (Å²) >= 11 is 5.87. The van der Waals surface area contributed by atoms with Crippen molar-refractivity contribution in [2.45, 2.75) is 33.1 Å². The number of pyridine rings is 1. The Morgan fingerprint density at radius 3 is 2.32 bits per heavy atom. The molecule has 1 heterocycles. The molecular weight excluding hydrogens is 334 g/mol. The lowest BCUT2D eigenvalue weighted by atomic mass is 10.1. The number of rotatable bonds is 9. The first kappa shape index (κ1) is 19.3. The molecule has 0 saturated heterocycles. The Labute approximate surface area is 155 Å². The summed E-state index contributed by atoms with van der Waals surface area (Å²) < 4.78 is 0. The third-order valence-corrected chi connectivity index (χ3v) is 4.20. The van der Waals surface area contributed by atoms with Crippen molar-refractivity contribution in [3.8, 4) is 0 Å². The zero-order chi connectivity index (χ0) is 18.1. The molecular formula is C20H26ClN3O. The van der Waals surface area contributed by atoms with Crippen LogP contribution in [0.2, 0.25) is 5.02 Å². The molecule has 0 unspecified atom stereocenters. The molecule has 0 radical (unpaired) electrons. The Bertz CT molecular complexity index is 650. The molecule has 0 atom stereocenters. The molecule has 1 aromatic heterocycles. The summed E-state index contributed by atoms with van der Waals surface area (Å²) in [6.07, 6.45) is 4.74. The lowest BCUT2D eigenvalue weighted by molar-refractivity contribution is 0.0949. The van der Waals surface area contributed by atoms with Gasteiger partial charge in [0.2, 0.25) is 0 Å². The maximum atomic E-state index is 12.2. The Hall–Kier alpha value is -2.07. The predicted octanol–water partition coefficient (Wildman–Crippen LogP) is 4.33. The molecule has 5 heteroatoms. The summed E-state index contributed by atoms with van der Waals surface area (Å²) in [5.74, 6) is -0.141. The first-order valence-electron chi connectivity index (χ1n) is 8.87. The van der Waals surface area contributed by atoms with Gasteiger partial charge < -0.3 is 10.2 Å². The second-order valence-electron chi connectivity index (χ2n) is 6.02. The molecule has 0 fully saturated rings. The van der Waals surface area contributed by atoms with Crippen molar-refractivity contribution in [1.29, 1.82) is 0 Å². The summed E-state index contributed by atoms with van der Waals surface area (Å²) in [6, 6.07) is 11.4. The second kappa shape index (κ2) is 10.0. The molecule has 0 aliphatic rings. The van der Waals surface area contributed by atoms with Crippen molar-refractivity contribution in [1.82, 2.24) is 10.3 Å². The van der Waals surface area contributed by atoms with Gasteiger partial charge in [0.05, 0.1) is 11.9 Å². The SMILES string of the molecule is CCCN(CCC)c1ccc(C(=O)NCCc2ccc(Cl)cc2)nc1. The summed E-state index contributed by atoms with van der Waals surface area (Å²) in [7, 11) is 0. The number of carbonyl (C=O) groups excluding carboxylic acids is 1. The van der Waals surface area contributed by atoms with E-state index in [1.54, 1.807) is 12.3 Å². The fraction of sp³-hybridized carbons (Fsp3) is 0.400. The predicted molar refractivity (Wildman–Crippen MR) is 105 cm³/mol. The number of aromatic nitrogens is 1. The lowest BCUT2D eigenvalue weighted by Gasteiger charge is -2.23. The van der Waals surface area contributed by atoms with Gasteiger partial charge in [-0.25, -0.2) is 4.98 Å². The van der Waals surface area contributed by atoms with Crippen molar-refractivity contribution in [3.63, 3.8) is 0 Å². The van der Waals surface area contributed by atoms with Crippen LogP contribution in [0.1, 0.15) is 42.7 Å². The number of carbonyl (C=O) groups is 1. The van der Waals surface area contributed by atoms with Crippen molar-refractivity contribution in [2.75, 3.05) is 24.5 Å². The molecule has 0 spiro atoms. The highest BCUT2D eigenvalue weighted by Crippen LogP contribution is 2.14. The number of halogens is 1. The van der Waals surface area contributed by atoms with E-state index in [-0.39, 0.29) is 5.91 Å². The van der Waals surface area contributed by atoms with Gasteiger partial charge in [0, 0.05) is 24.7 Å². The van der Waals surface area contributed by atoms with Crippen molar-refractivity contribution in [3.05, 3.63) is 58.9 Å². The smallest absolute Gasteiger partial charge is 0.269 e. The van der Waals surface area contributed by atoms with Crippen LogP contribution in [0.4, 0.5) is 5.69 Å². The van der Waals surface area contributed by atoms with E-state index < -0.39 is 0 Å². The van der Waals surface area contributed by atoms with Crippen LogP contribution in [0.25, 0.3) is 0 Å². The summed E-state index contributed by atoms with van der Waals surface area (Å²) in [4.78, 5) is 18.8. The van der Waals surface area contributed by atoms with E-state index >= 15 is 0 Å². The van der Waals surface area contributed by atoms with Crippen molar-refractivity contribution >= 4 is 23.2 Å². The normalized spacial score (nSPS) is 10.5. The third-order valence-electron chi connectivity index (χ3n) is 3.95. The number of anilines is 1. The standard InChI is InChI=1S/C20H26ClN3O/c1-3-13-24(14-4-2)18-9-10-19(23-15-18)20(25)22-12-11-16-5-7-17(21)8-6-16/h5-10,15H,3-4,11-14H2,1-2H3,(H,22,25). The fourth-order valence-electron chi connectivity index (χ4n) is 2.68. The molecule has 2 aromatic rings. The highest BCUT2D eigenvalue weighted by molar-refractivity contribution is 6.30. The number of nitrogens with one attached hydrogen (secondary N) is 1. The molecule has 1 N–H and O–H groups in total. The Morgan fingerprint density at radius 1 is 1.08 bits per heavy atom. The van der Waals surface area contributed by atoms with Crippen LogP contribution < -0.4 is 10.2 Å². The van der Waals surface area contributed by atoms with Gasteiger partial charge in [0.15, 0.2) is 0 Å². The Morgan fingerprint density at radius 2 is 1.76 bits per heavy atom. The topological polar surface area (TPSA) is 45.2 Å². The number of hydrogen-bond donors (Lipinski definition) is 1. The molecule has 134 valence electrons. The summed E-state index contributed by atoms with van der Waals surface area (Å²) in [5, 5.41) is 3.63. The van der Waals surface area contributed by atoms with Crippen LogP contribution in [0.3, 0.4) is 0 Å². The maximum Gasteiger partial charge on any atom is 0.269 e. The monoisotopic (exact) mass is 359 g/mol. The quantitative estimate of drug-likeness (QED) is 0.724. The van der Waals surface area contributed by atoms with Crippen molar-refractivity contribution < 1.29 is 4.79 Å².